The highest BCUT2D eigenvalue weighted by Crippen LogP contribution is 2.30. The first kappa shape index (κ1) is 12.4. The van der Waals surface area contributed by atoms with Gasteiger partial charge in [-0.05, 0) is 25.8 Å². The first-order valence-electron chi connectivity index (χ1n) is 6.49. The minimum atomic E-state index is 0.0318. The number of carbonyl (C=O) groups excluding carboxylic acids is 1. The summed E-state index contributed by atoms with van der Waals surface area (Å²) in [5, 5.41) is 6.03. The summed E-state index contributed by atoms with van der Waals surface area (Å²) in [5.74, 6) is 1.05. The lowest BCUT2D eigenvalue weighted by molar-refractivity contribution is -0.121. The minimum absolute atomic E-state index is 0.0318. The SMILES string of the molecule is Cc1nc(CC(=O)NC2CCCc3occc32)cs1. The standard InChI is InChI=1S/C14H16N2O2S/c1-9-15-10(8-19-9)7-14(17)16-12-3-2-4-13-11(12)5-6-18-13/h5-6,8,12H,2-4,7H2,1H3,(H,16,17). The van der Waals surface area contributed by atoms with Crippen molar-refractivity contribution in [3.8, 4) is 0 Å². The maximum atomic E-state index is 12.0. The maximum absolute atomic E-state index is 12.0. The number of carbonyl (C=O) groups is 1. The van der Waals surface area contributed by atoms with E-state index in [-0.39, 0.29) is 11.9 Å². The molecule has 5 heteroatoms. The normalized spacial score (nSPS) is 18.1. The van der Waals surface area contributed by atoms with Gasteiger partial charge in [0.15, 0.2) is 0 Å². The van der Waals surface area contributed by atoms with Gasteiger partial charge in [0.2, 0.25) is 5.91 Å². The van der Waals surface area contributed by atoms with Crippen LogP contribution < -0.4 is 5.32 Å². The van der Waals surface area contributed by atoms with Gasteiger partial charge in [-0.1, -0.05) is 0 Å². The molecule has 0 radical (unpaired) electrons. The van der Waals surface area contributed by atoms with Gasteiger partial charge in [-0.3, -0.25) is 4.79 Å². The number of fused-ring (bicyclic) bond motifs is 1. The van der Waals surface area contributed by atoms with E-state index in [0.29, 0.717) is 6.42 Å². The second kappa shape index (κ2) is 5.17. The number of rotatable bonds is 3. The van der Waals surface area contributed by atoms with Crippen molar-refractivity contribution in [2.45, 2.75) is 38.6 Å². The molecule has 4 nitrogen and oxygen atoms in total. The molecule has 3 rings (SSSR count). The molecular formula is C14H16N2O2S. The van der Waals surface area contributed by atoms with Crippen molar-refractivity contribution in [2.75, 3.05) is 0 Å². The Kier molecular flexibility index (Phi) is 3.38. The number of aryl methyl sites for hydroxylation is 2. The summed E-state index contributed by atoms with van der Waals surface area (Å²) in [6.45, 7) is 1.95. The van der Waals surface area contributed by atoms with Crippen molar-refractivity contribution in [1.29, 1.82) is 0 Å². The number of thiazole rings is 1. The van der Waals surface area contributed by atoms with Crippen LogP contribution in [0.4, 0.5) is 0 Å². The van der Waals surface area contributed by atoms with Gasteiger partial charge in [-0.2, -0.15) is 0 Å². The molecule has 1 aliphatic rings. The van der Waals surface area contributed by atoms with E-state index in [1.165, 1.54) is 0 Å². The molecule has 0 aliphatic heterocycles. The van der Waals surface area contributed by atoms with Crippen molar-refractivity contribution in [1.82, 2.24) is 10.3 Å². The number of nitrogens with one attached hydrogen (secondary N) is 1. The van der Waals surface area contributed by atoms with Crippen molar-refractivity contribution >= 4 is 17.2 Å². The second-order valence-electron chi connectivity index (χ2n) is 4.85. The first-order valence-corrected chi connectivity index (χ1v) is 7.37. The molecule has 1 atom stereocenters. The molecule has 2 aromatic heterocycles. The van der Waals surface area contributed by atoms with E-state index < -0.39 is 0 Å². The van der Waals surface area contributed by atoms with Gasteiger partial charge in [-0.15, -0.1) is 11.3 Å². The third kappa shape index (κ3) is 2.71. The second-order valence-corrected chi connectivity index (χ2v) is 5.91. The molecule has 0 saturated heterocycles. The number of nitrogens with zero attached hydrogens (tertiary/aromatic N) is 1. The predicted molar refractivity (Wildman–Crippen MR) is 73.1 cm³/mol. The minimum Gasteiger partial charge on any atom is -0.469 e. The number of hydrogen-bond acceptors (Lipinski definition) is 4. The summed E-state index contributed by atoms with van der Waals surface area (Å²) in [6, 6.07) is 2.06. The molecule has 1 unspecified atom stereocenters. The Morgan fingerprint density at radius 3 is 3.32 bits per heavy atom. The first-order chi connectivity index (χ1) is 9.22. The van der Waals surface area contributed by atoms with Gasteiger partial charge in [0.1, 0.15) is 5.76 Å². The fourth-order valence-electron chi connectivity index (χ4n) is 2.54. The molecule has 0 bridgehead atoms. The third-order valence-electron chi connectivity index (χ3n) is 3.40. The van der Waals surface area contributed by atoms with Crippen LogP contribution in [0.3, 0.4) is 0 Å². The zero-order chi connectivity index (χ0) is 13.2. The van der Waals surface area contributed by atoms with Crippen molar-refractivity contribution in [3.63, 3.8) is 0 Å². The third-order valence-corrected chi connectivity index (χ3v) is 4.22. The largest absolute Gasteiger partial charge is 0.469 e. The molecule has 0 saturated carbocycles. The lowest BCUT2D eigenvalue weighted by atomic mass is 9.93. The van der Waals surface area contributed by atoms with Gasteiger partial charge in [0.25, 0.3) is 0 Å². The van der Waals surface area contributed by atoms with Crippen LogP contribution in [0.15, 0.2) is 22.1 Å². The summed E-state index contributed by atoms with van der Waals surface area (Å²) in [4.78, 5) is 16.4. The van der Waals surface area contributed by atoms with Crippen molar-refractivity contribution in [2.24, 2.45) is 0 Å². The Morgan fingerprint density at radius 2 is 2.53 bits per heavy atom. The van der Waals surface area contributed by atoms with E-state index >= 15 is 0 Å². The van der Waals surface area contributed by atoms with Crippen LogP contribution in [0.5, 0.6) is 0 Å². The highest BCUT2D eigenvalue weighted by molar-refractivity contribution is 7.09. The lowest BCUT2D eigenvalue weighted by Crippen LogP contribution is -2.31. The number of hydrogen-bond donors (Lipinski definition) is 1. The van der Waals surface area contributed by atoms with Gasteiger partial charge >= 0.3 is 0 Å². The Morgan fingerprint density at radius 1 is 1.63 bits per heavy atom. The molecule has 1 N–H and O–H groups in total. The zero-order valence-electron chi connectivity index (χ0n) is 10.8. The molecule has 0 fully saturated rings. The number of aromatic nitrogens is 1. The van der Waals surface area contributed by atoms with Crippen LogP contribution in [-0.4, -0.2) is 10.9 Å². The van der Waals surface area contributed by atoms with E-state index in [2.05, 4.69) is 10.3 Å². The highest BCUT2D eigenvalue weighted by atomic mass is 32.1. The highest BCUT2D eigenvalue weighted by Gasteiger charge is 2.24. The molecule has 2 heterocycles. The van der Waals surface area contributed by atoms with Crippen LogP contribution in [0, 0.1) is 6.92 Å². The molecule has 0 spiro atoms. The Hall–Kier alpha value is -1.62. The predicted octanol–water partition coefficient (Wildman–Crippen LogP) is 2.78. The summed E-state index contributed by atoms with van der Waals surface area (Å²) in [7, 11) is 0. The Labute approximate surface area is 115 Å². The summed E-state index contributed by atoms with van der Waals surface area (Å²) in [5.41, 5.74) is 1.98. The molecule has 100 valence electrons. The van der Waals surface area contributed by atoms with E-state index in [1.807, 2.05) is 18.4 Å². The van der Waals surface area contributed by atoms with Crippen molar-refractivity contribution < 1.29 is 9.21 Å². The van der Waals surface area contributed by atoms with Crippen LogP contribution in [0.1, 0.15) is 40.9 Å². The average Bonchev–Trinajstić information content (AvgIpc) is 2.98. The zero-order valence-corrected chi connectivity index (χ0v) is 11.6. The van der Waals surface area contributed by atoms with Gasteiger partial charge in [0, 0.05) is 17.4 Å². The number of amides is 1. The van der Waals surface area contributed by atoms with Crippen LogP contribution in [-0.2, 0) is 17.6 Å². The molecule has 2 aromatic rings. The summed E-state index contributed by atoms with van der Waals surface area (Å²) >= 11 is 1.58. The molecule has 1 amide bonds. The summed E-state index contributed by atoms with van der Waals surface area (Å²) < 4.78 is 5.43. The number of furan rings is 1. The van der Waals surface area contributed by atoms with Crippen LogP contribution in [0.25, 0.3) is 0 Å². The Bertz CT molecular complexity index is 588. The van der Waals surface area contributed by atoms with E-state index in [1.54, 1.807) is 17.6 Å². The lowest BCUT2D eigenvalue weighted by Gasteiger charge is -2.22. The van der Waals surface area contributed by atoms with E-state index in [0.717, 1.165) is 41.3 Å². The summed E-state index contributed by atoms with van der Waals surface area (Å²) in [6.07, 6.45) is 5.07. The van der Waals surface area contributed by atoms with E-state index in [9.17, 15) is 4.79 Å². The van der Waals surface area contributed by atoms with Crippen LogP contribution >= 0.6 is 11.3 Å². The molecule has 0 aromatic carbocycles. The topological polar surface area (TPSA) is 55.1 Å². The quantitative estimate of drug-likeness (QED) is 0.938. The van der Waals surface area contributed by atoms with E-state index in [4.69, 9.17) is 4.42 Å². The fraction of sp³-hybridized carbons (Fsp3) is 0.429. The molecular weight excluding hydrogens is 260 g/mol. The molecule has 1 aliphatic carbocycles. The smallest absolute Gasteiger partial charge is 0.226 e. The fourth-order valence-corrected chi connectivity index (χ4v) is 3.15. The van der Waals surface area contributed by atoms with Gasteiger partial charge < -0.3 is 9.73 Å². The Balaban J connectivity index is 1.65. The average molecular weight is 276 g/mol. The van der Waals surface area contributed by atoms with Gasteiger partial charge in [-0.25, -0.2) is 4.98 Å². The van der Waals surface area contributed by atoms with Gasteiger partial charge in [0.05, 0.1) is 29.4 Å². The monoisotopic (exact) mass is 276 g/mol. The van der Waals surface area contributed by atoms with Crippen molar-refractivity contribution in [3.05, 3.63) is 39.7 Å². The molecule has 19 heavy (non-hydrogen) atoms. The maximum Gasteiger partial charge on any atom is 0.226 e. The van der Waals surface area contributed by atoms with Crippen LogP contribution in [0.2, 0.25) is 0 Å².